The summed E-state index contributed by atoms with van der Waals surface area (Å²) in [6.07, 6.45) is 7.75. The van der Waals surface area contributed by atoms with Crippen LogP contribution in [-0.2, 0) is 0 Å². The lowest BCUT2D eigenvalue weighted by Crippen LogP contribution is -2.11. The van der Waals surface area contributed by atoms with E-state index in [-0.39, 0.29) is 0 Å². The number of hydrogen-bond acceptors (Lipinski definition) is 1. The quantitative estimate of drug-likeness (QED) is 0.627. The summed E-state index contributed by atoms with van der Waals surface area (Å²) in [5.41, 5.74) is 0. The van der Waals surface area contributed by atoms with Crippen LogP contribution in [0, 0.1) is 12.0 Å². The molecule has 10 heavy (non-hydrogen) atoms. The molecule has 0 aliphatic heterocycles. The second-order valence-electron chi connectivity index (χ2n) is 3.30. The number of rotatable bonds is 2. The zero-order chi connectivity index (χ0) is 7.40. The van der Waals surface area contributed by atoms with Crippen LogP contribution in [0.1, 0.15) is 45.4 Å². The molecule has 1 rings (SSSR count). The monoisotopic (exact) mass is 141 g/mol. The first kappa shape index (κ1) is 8.06. The van der Waals surface area contributed by atoms with Gasteiger partial charge >= 0.3 is 0 Å². The minimum Gasteiger partial charge on any atom is -0.387 e. The van der Waals surface area contributed by atoms with Crippen molar-refractivity contribution in [3.8, 4) is 0 Å². The van der Waals surface area contributed by atoms with Crippen LogP contribution in [0.2, 0.25) is 0 Å². The second kappa shape index (κ2) is 3.97. The van der Waals surface area contributed by atoms with E-state index in [2.05, 4.69) is 6.92 Å². The van der Waals surface area contributed by atoms with Gasteiger partial charge in [-0.3, -0.25) is 0 Å². The summed E-state index contributed by atoms with van der Waals surface area (Å²) in [6, 6.07) is 0. The van der Waals surface area contributed by atoms with E-state index >= 15 is 0 Å². The Balaban J connectivity index is 2.13. The van der Waals surface area contributed by atoms with Gasteiger partial charge in [0, 0.05) is 0 Å². The van der Waals surface area contributed by atoms with Gasteiger partial charge in [-0.05, 0) is 31.6 Å². The Kier molecular flexibility index (Phi) is 3.20. The predicted molar refractivity (Wildman–Crippen MR) is 42.0 cm³/mol. The summed E-state index contributed by atoms with van der Waals surface area (Å²) < 4.78 is 0. The fourth-order valence-electron chi connectivity index (χ4n) is 1.71. The van der Waals surface area contributed by atoms with Crippen LogP contribution in [0.25, 0.3) is 0 Å². The highest BCUT2D eigenvalue weighted by molar-refractivity contribution is 4.83. The van der Waals surface area contributed by atoms with Gasteiger partial charge in [-0.2, -0.15) is 0 Å². The van der Waals surface area contributed by atoms with Crippen molar-refractivity contribution >= 4 is 0 Å². The Bertz CT molecular complexity index is 82.7. The fourth-order valence-corrected chi connectivity index (χ4v) is 1.71. The molecule has 1 radical (unpaired) electrons. The predicted octanol–water partition coefficient (Wildman–Crippen LogP) is 2.88. The maximum Gasteiger partial charge on any atom is 0.0933 e. The lowest BCUT2D eigenvalue weighted by atomic mass is 9.85. The van der Waals surface area contributed by atoms with Gasteiger partial charge in [-0.25, -0.2) is 0 Å². The second-order valence-corrected chi connectivity index (χ2v) is 3.30. The molecule has 1 heteroatoms. The molecule has 0 amide bonds. The molecule has 0 aromatic carbocycles. The molecular formula is C9H17O. The first-order chi connectivity index (χ1) is 4.83. The van der Waals surface area contributed by atoms with Crippen LogP contribution < -0.4 is 0 Å². The minimum atomic E-state index is 0.729. The van der Waals surface area contributed by atoms with Crippen molar-refractivity contribution in [1.29, 1.82) is 0 Å². The smallest absolute Gasteiger partial charge is 0.0933 e. The molecule has 0 spiro atoms. The topological polar surface area (TPSA) is 20.2 Å². The SMILES string of the molecule is CCCC1CC[C](O)CC1. The van der Waals surface area contributed by atoms with Gasteiger partial charge < -0.3 is 5.11 Å². The van der Waals surface area contributed by atoms with E-state index < -0.39 is 0 Å². The zero-order valence-corrected chi connectivity index (χ0v) is 6.77. The summed E-state index contributed by atoms with van der Waals surface area (Å²) >= 11 is 0. The molecule has 0 aromatic heterocycles. The first-order valence-corrected chi connectivity index (χ1v) is 4.36. The minimum absolute atomic E-state index is 0.729. The summed E-state index contributed by atoms with van der Waals surface area (Å²) in [5, 5.41) is 9.11. The van der Waals surface area contributed by atoms with Crippen LogP contribution in [0.4, 0.5) is 0 Å². The van der Waals surface area contributed by atoms with Gasteiger partial charge in [0.05, 0.1) is 6.10 Å². The number of hydrogen-bond donors (Lipinski definition) is 1. The van der Waals surface area contributed by atoms with Gasteiger partial charge in [0.15, 0.2) is 0 Å². The fraction of sp³-hybridized carbons (Fsp3) is 0.889. The highest BCUT2D eigenvalue weighted by atomic mass is 16.3. The molecule has 1 N–H and O–H groups in total. The third-order valence-electron chi connectivity index (χ3n) is 2.38. The maximum atomic E-state index is 9.11. The molecule has 1 aliphatic carbocycles. The molecular weight excluding hydrogens is 124 g/mol. The van der Waals surface area contributed by atoms with Gasteiger partial charge in [0.1, 0.15) is 0 Å². The Morgan fingerprint density at radius 3 is 2.50 bits per heavy atom. The van der Waals surface area contributed by atoms with Crippen molar-refractivity contribution in [2.24, 2.45) is 5.92 Å². The Hall–Kier alpha value is -0.0400. The van der Waals surface area contributed by atoms with Crippen LogP contribution in [0.5, 0.6) is 0 Å². The average molecular weight is 141 g/mol. The Morgan fingerprint density at radius 2 is 2.00 bits per heavy atom. The molecule has 1 saturated carbocycles. The van der Waals surface area contributed by atoms with Gasteiger partial charge in [-0.15, -0.1) is 0 Å². The van der Waals surface area contributed by atoms with Crippen molar-refractivity contribution in [1.82, 2.24) is 0 Å². The van der Waals surface area contributed by atoms with Crippen molar-refractivity contribution in [3.63, 3.8) is 0 Å². The summed E-state index contributed by atoms with van der Waals surface area (Å²) in [5.74, 6) is 0.904. The summed E-state index contributed by atoms with van der Waals surface area (Å²) in [7, 11) is 0. The highest BCUT2D eigenvalue weighted by Crippen LogP contribution is 2.30. The van der Waals surface area contributed by atoms with Crippen LogP contribution in [0.15, 0.2) is 0 Å². The number of aliphatic hydroxyl groups is 1. The Morgan fingerprint density at radius 1 is 1.40 bits per heavy atom. The van der Waals surface area contributed by atoms with E-state index in [1.165, 1.54) is 25.7 Å². The van der Waals surface area contributed by atoms with E-state index in [1.54, 1.807) is 0 Å². The van der Waals surface area contributed by atoms with Crippen LogP contribution in [0.3, 0.4) is 0 Å². The lowest BCUT2D eigenvalue weighted by Gasteiger charge is -2.23. The molecule has 1 fully saturated rings. The van der Waals surface area contributed by atoms with Gasteiger partial charge in [0.25, 0.3) is 0 Å². The van der Waals surface area contributed by atoms with E-state index in [0.717, 1.165) is 24.9 Å². The molecule has 0 heterocycles. The lowest BCUT2D eigenvalue weighted by molar-refractivity contribution is 0.202. The highest BCUT2D eigenvalue weighted by Gasteiger charge is 2.18. The van der Waals surface area contributed by atoms with Crippen LogP contribution in [-0.4, -0.2) is 5.11 Å². The molecule has 1 nitrogen and oxygen atoms in total. The number of aliphatic hydroxyl groups excluding tert-OH is 1. The van der Waals surface area contributed by atoms with E-state index in [1.807, 2.05) is 0 Å². The first-order valence-electron chi connectivity index (χ1n) is 4.36. The molecule has 0 aromatic rings. The van der Waals surface area contributed by atoms with E-state index in [4.69, 9.17) is 5.11 Å². The summed E-state index contributed by atoms with van der Waals surface area (Å²) in [4.78, 5) is 0. The molecule has 0 unspecified atom stereocenters. The van der Waals surface area contributed by atoms with Crippen molar-refractivity contribution in [2.75, 3.05) is 0 Å². The third-order valence-corrected chi connectivity index (χ3v) is 2.38. The van der Waals surface area contributed by atoms with Crippen LogP contribution >= 0.6 is 0 Å². The molecule has 59 valence electrons. The maximum absolute atomic E-state index is 9.11. The van der Waals surface area contributed by atoms with Gasteiger partial charge in [-0.1, -0.05) is 19.8 Å². The zero-order valence-electron chi connectivity index (χ0n) is 6.77. The van der Waals surface area contributed by atoms with Crippen molar-refractivity contribution in [3.05, 3.63) is 6.10 Å². The average Bonchev–Trinajstić information content (AvgIpc) is 1.95. The van der Waals surface area contributed by atoms with Crippen molar-refractivity contribution < 1.29 is 5.11 Å². The third kappa shape index (κ3) is 2.30. The van der Waals surface area contributed by atoms with E-state index in [9.17, 15) is 0 Å². The summed E-state index contributed by atoms with van der Waals surface area (Å²) in [6.45, 7) is 2.23. The molecule has 0 atom stereocenters. The molecule has 0 saturated heterocycles. The standard InChI is InChI=1S/C9H17O/c1-2-3-8-4-6-9(10)7-5-8/h8,10H,2-7H2,1H3. The van der Waals surface area contributed by atoms with Gasteiger partial charge in [0.2, 0.25) is 0 Å². The molecule has 1 aliphatic rings. The largest absolute Gasteiger partial charge is 0.387 e. The molecule has 0 bridgehead atoms. The van der Waals surface area contributed by atoms with Crippen molar-refractivity contribution in [2.45, 2.75) is 45.4 Å². The normalized spacial score (nSPS) is 23.4. The van der Waals surface area contributed by atoms with E-state index in [0.29, 0.717) is 0 Å². The Labute approximate surface area is 63.4 Å².